The van der Waals surface area contributed by atoms with Gasteiger partial charge in [-0.25, -0.2) is 4.21 Å². The largest absolute Gasteiger partial charge is 0.290 e. The molecule has 0 amide bonds. The molecular formula is C6H12O2S. The molecule has 2 unspecified atom stereocenters. The van der Waals surface area contributed by atoms with E-state index in [0.29, 0.717) is 11.9 Å². The topological polar surface area (TPSA) is 26.3 Å². The van der Waals surface area contributed by atoms with E-state index in [1.807, 2.05) is 0 Å². The van der Waals surface area contributed by atoms with Gasteiger partial charge in [0.1, 0.15) is 0 Å². The zero-order chi connectivity index (χ0) is 6.69. The Balaban J connectivity index is 2.31. The summed E-state index contributed by atoms with van der Waals surface area (Å²) in [4.78, 5) is 0. The summed E-state index contributed by atoms with van der Waals surface area (Å²) in [6.07, 6.45) is 3.15. The normalized spacial score (nSPS) is 35.2. The van der Waals surface area contributed by atoms with Crippen molar-refractivity contribution < 1.29 is 8.39 Å². The molecule has 0 radical (unpaired) electrons. The summed E-state index contributed by atoms with van der Waals surface area (Å²) in [7, 11) is 0. The van der Waals surface area contributed by atoms with Crippen molar-refractivity contribution in [2.24, 2.45) is 0 Å². The standard InChI is InChI=1S/C6H12O2S/c1-2-3-6-4-5-8-9(6)7/h6H,2-5H2,1H3. The maximum absolute atomic E-state index is 10.9. The summed E-state index contributed by atoms with van der Waals surface area (Å²) in [5.41, 5.74) is 0. The van der Waals surface area contributed by atoms with E-state index in [9.17, 15) is 4.21 Å². The van der Waals surface area contributed by atoms with Crippen molar-refractivity contribution in [3.63, 3.8) is 0 Å². The minimum Gasteiger partial charge on any atom is -0.290 e. The van der Waals surface area contributed by atoms with Gasteiger partial charge in [0.25, 0.3) is 0 Å². The monoisotopic (exact) mass is 148 g/mol. The third-order valence-corrected chi connectivity index (χ3v) is 2.94. The second-order valence-electron chi connectivity index (χ2n) is 2.28. The van der Waals surface area contributed by atoms with E-state index in [0.717, 1.165) is 19.3 Å². The maximum Gasteiger partial charge on any atom is 0.158 e. The molecule has 0 bridgehead atoms. The molecule has 0 saturated carbocycles. The van der Waals surface area contributed by atoms with Crippen molar-refractivity contribution in [3.05, 3.63) is 0 Å². The summed E-state index contributed by atoms with van der Waals surface area (Å²) < 4.78 is 15.7. The molecule has 0 spiro atoms. The van der Waals surface area contributed by atoms with E-state index in [1.54, 1.807) is 0 Å². The van der Waals surface area contributed by atoms with Crippen LogP contribution in [-0.2, 0) is 15.3 Å². The Morgan fingerprint density at radius 1 is 1.78 bits per heavy atom. The van der Waals surface area contributed by atoms with E-state index in [-0.39, 0.29) is 0 Å². The maximum atomic E-state index is 10.9. The Bertz CT molecular complexity index is 114. The molecule has 1 aliphatic rings. The Morgan fingerprint density at radius 2 is 2.56 bits per heavy atom. The average Bonchev–Trinajstić information content (AvgIpc) is 2.18. The second kappa shape index (κ2) is 3.32. The molecule has 1 heterocycles. The van der Waals surface area contributed by atoms with Crippen molar-refractivity contribution in [2.75, 3.05) is 6.61 Å². The van der Waals surface area contributed by atoms with E-state index < -0.39 is 11.1 Å². The Hall–Kier alpha value is 0.110. The molecular weight excluding hydrogens is 136 g/mol. The van der Waals surface area contributed by atoms with Gasteiger partial charge in [0.2, 0.25) is 0 Å². The fourth-order valence-electron chi connectivity index (χ4n) is 1.02. The highest BCUT2D eigenvalue weighted by Gasteiger charge is 2.22. The van der Waals surface area contributed by atoms with Gasteiger partial charge in [-0.1, -0.05) is 13.3 Å². The number of rotatable bonds is 2. The van der Waals surface area contributed by atoms with Gasteiger partial charge < -0.3 is 0 Å². The van der Waals surface area contributed by atoms with Crippen LogP contribution >= 0.6 is 0 Å². The van der Waals surface area contributed by atoms with E-state index in [1.165, 1.54) is 0 Å². The van der Waals surface area contributed by atoms with E-state index in [4.69, 9.17) is 4.18 Å². The Labute approximate surface area is 58.3 Å². The van der Waals surface area contributed by atoms with Crippen molar-refractivity contribution in [1.82, 2.24) is 0 Å². The highest BCUT2D eigenvalue weighted by Crippen LogP contribution is 2.17. The van der Waals surface area contributed by atoms with Gasteiger partial charge >= 0.3 is 0 Å². The van der Waals surface area contributed by atoms with Crippen molar-refractivity contribution in [1.29, 1.82) is 0 Å². The zero-order valence-electron chi connectivity index (χ0n) is 5.63. The molecule has 1 aliphatic heterocycles. The minimum atomic E-state index is -0.961. The minimum absolute atomic E-state index is 0.329. The fraction of sp³-hybridized carbons (Fsp3) is 1.00. The van der Waals surface area contributed by atoms with Crippen LogP contribution in [0.1, 0.15) is 26.2 Å². The van der Waals surface area contributed by atoms with E-state index >= 15 is 0 Å². The van der Waals surface area contributed by atoms with Crippen LogP contribution in [-0.4, -0.2) is 16.1 Å². The van der Waals surface area contributed by atoms with Gasteiger partial charge in [-0.3, -0.25) is 4.18 Å². The molecule has 1 rings (SSSR count). The Kier molecular flexibility index (Phi) is 2.66. The lowest BCUT2D eigenvalue weighted by atomic mass is 10.2. The van der Waals surface area contributed by atoms with Gasteiger partial charge in [-0.05, 0) is 12.8 Å². The number of hydrogen-bond donors (Lipinski definition) is 0. The first-order valence-electron chi connectivity index (χ1n) is 3.38. The molecule has 54 valence electrons. The predicted octanol–water partition coefficient (Wildman–Crippen LogP) is 1.24. The van der Waals surface area contributed by atoms with Crippen LogP contribution in [0.2, 0.25) is 0 Å². The zero-order valence-corrected chi connectivity index (χ0v) is 6.45. The summed E-state index contributed by atoms with van der Waals surface area (Å²) in [5, 5.41) is 0.329. The van der Waals surface area contributed by atoms with Crippen molar-refractivity contribution >= 4 is 11.1 Å². The fourth-order valence-corrected chi connectivity index (χ4v) is 2.19. The molecule has 0 aliphatic carbocycles. The molecule has 2 nitrogen and oxygen atoms in total. The first-order valence-corrected chi connectivity index (χ1v) is 4.52. The van der Waals surface area contributed by atoms with Crippen molar-refractivity contribution in [2.45, 2.75) is 31.4 Å². The Morgan fingerprint density at radius 3 is 3.00 bits per heavy atom. The highest BCUT2D eigenvalue weighted by molar-refractivity contribution is 7.81. The van der Waals surface area contributed by atoms with Gasteiger partial charge in [0, 0.05) is 0 Å². The third-order valence-electron chi connectivity index (χ3n) is 1.52. The summed E-state index contributed by atoms with van der Waals surface area (Å²) >= 11 is -0.961. The van der Waals surface area contributed by atoms with Crippen LogP contribution < -0.4 is 0 Å². The second-order valence-corrected chi connectivity index (χ2v) is 3.71. The van der Waals surface area contributed by atoms with Crippen LogP contribution in [0.25, 0.3) is 0 Å². The molecule has 0 aromatic heterocycles. The molecule has 9 heavy (non-hydrogen) atoms. The molecule has 0 aromatic carbocycles. The summed E-state index contributed by atoms with van der Waals surface area (Å²) in [5.74, 6) is 0. The third kappa shape index (κ3) is 1.76. The van der Waals surface area contributed by atoms with Crippen LogP contribution in [0, 0.1) is 0 Å². The molecule has 2 atom stereocenters. The van der Waals surface area contributed by atoms with Gasteiger partial charge in [-0.2, -0.15) is 0 Å². The lowest BCUT2D eigenvalue weighted by Gasteiger charge is -2.00. The van der Waals surface area contributed by atoms with Gasteiger partial charge in [0.05, 0.1) is 11.9 Å². The molecule has 0 aromatic rings. The van der Waals surface area contributed by atoms with E-state index in [2.05, 4.69) is 6.92 Å². The molecule has 1 fully saturated rings. The smallest absolute Gasteiger partial charge is 0.158 e. The quantitative estimate of drug-likeness (QED) is 0.589. The molecule has 0 N–H and O–H groups in total. The summed E-state index contributed by atoms with van der Waals surface area (Å²) in [6.45, 7) is 2.80. The highest BCUT2D eigenvalue weighted by atomic mass is 32.2. The lowest BCUT2D eigenvalue weighted by molar-refractivity contribution is 0.380. The van der Waals surface area contributed by atoms with Crippen LogP contribution in [0.4, 0.5) is 0 Å². The average molecular weight is 148 g/mol. The first kappa shape index (κ1) is 7.22. The molecule has 3 heteroatoms. The molecule has 1 saturated heterocycles. The van der Waals surface area contributed by atoms with Crippen molar-refractivity contribution in [3.8, 4) is 0 Å². The number of hydrogen-bond acceptors (Lipinski definition) is 2. The predicted molar refractivity (Wildman–Crippen MR) is 37.4 cm³/mol. The van der Waals surface area contributed by atoms with Crippen LogP contribution in [0.5, 0.6) is 0 Å². The van der Waals surface area contributed by atoms with Gasteiger partial charge in [0.15, 0.2) is 11.1 Å². The SMILES string of the molecule is CCCC1CCOS1=O. The van der Waals surface area contributed by atoms with Crippen LogP contribution in [0.15, 0.2) is 0 Å². The summed E-state index contributed by atoms with van der Waals surface area (Å²) in [6, 6.07) is 0. The van der Waals surface area contributed by atoms with Crippen LogP contribution in [0.3, 0.4) is 0 Å². The van der Waals surface area contributed by atoms with Gasteiger partial charge in [-0.15, -0.1) is 0 Å². The first-order chi connectivity index (χ1) is 4.34. The lowest BCUT2D eigenvalue weighted by Crippen LogP contribution is -2.06.